The average molecular weight is 238 g/mol. The van der Waals surface area contributed by atoms with E-state index in [0.717, 1.165) is 6.42 Å². The second kappa shape index (κ2) is 24.4. The molecule has 1 rings (SSSR count). The van der Waals surface area contributed by atoms with E-state index < -0.39 is 0 Å². The van der Waals surface area contributed by atoms with Gasteiger partial charge in [0.05, 0.1) is 0 Å². The first-order valence-electron chi connectivity index (χ1n) is 7.39. The van der Waals surface area contributed by atoms with Gasteiger partial charge in [-0.25, -0.2) is 0 Å². The zero-order chi connectivity index (χ0) is 13.9. The summed E-state index contributed by atoms with van der Waals surface area (Å²) in [5, 5.41) is 0. The van der Waals surface area contributed by atoms with Crippen molar-refractivity contribution in [2.24, 2.45) is 0 Å². The predicted octanol–water partition coefficient (Wildman–Crippen LogP) is 6.50. The molecule has 1 aromatic rings. The molecule has 0 heterocycles. The van der Waals surface area contributed by atoms with Crippen LogP contribution in [0.4, 0.5) is 0 Å². The van der Waals surface area contributed by atoms with Gasteiger partial charge >= 0.3 is 0 Å². The molecule has 0 spiro atoms. The summed E-state index contributed by atoms with van der Waals surface area (Å²) in [6.07, 6.45) is 5.22. The van der Waals surface area contributed by atoms with E-state index in [1.54, 1.807) is 0 Å². The Balaban J connectivity index is -0.000000190. The molecule has 0 nitrogen and oxygen atoms in total. The van der Waals surface area contributed by atoms with Crippen LogP contribution in [0, 0.1) is 0 Å². The van der Waals surface area contributed by atoms with Crippen LogP contribution in [-0.2, 0) is 6.42 Å². The quantitative estimate of drug-likeness (QED) is 0.564. The maximum Gasteiger partial charge on any atom is -0.0307 e. The van der Waals surface area contributed by atoms with Gasteiger partial charge in [-0.2, -0.15) is 0 Å². The van der Waals surface area contributed by atoms with E-state index in [0.29, 0.717) is 0 Å². The summed E-state index contributed by atoms with van der Waals surface area (Å²) in [6, 6.07) is 10.5. The summed E-state index contributed by atoms with van der Waals surface area (Å²) >= 11 is 0. The largest absolute Gasteiger partial charge is 0.0683 e. The minimum atomic E-state index is 1.14. The third kappa shape index (κ3) is 21.1. The number of aryl methyl sites for hydroxylation is 1. The van der Waals surface area contributed by atoms with Crippen LogP contribution in [-0.4, -0.2) is 0 Å². The van der Waals surface area contributed by atoms with Crippen LogP contribution >= 0.6 is 0 Å². The van der Waals surface area contributed by atoms with Crippen LogP contribution in [0.15, 0.2) is 30.3 Å². The number of hydrogen-bond acceptors (Lipinski definition) is 0. The highest BCUT2D eigenvalue weighted by Gasteiger charge is 1.79. The summed E-state index contributed by atoms with van der Waals surface area (Å²) in [4.78, 5) is 0. The van der Waals surface area contributed by atoms with Crippen LogP contribution in [0.2, 0.25) is 0 Å². The van der Waals surface area contributed by atoms with Crippen LogP contribution in [0.3, 0.4) is 0 Å². The third-order valence-corrected chi connectivity index (χ3v) is 1.96. The molecule has 0 atom stereocenters. The molecule has 0 bridgehead atoms. The predicted molar refractivity (Wildman–Crippen MR) is 83.7 cm³/mol. The molecule has 0 aromatic heterocycles. The highest BCUT2D eigenvalue weighted by Crippen LogP contribution is 1.96. The van der Waals surface area contributed by atoms with Crippen molar-refractivity contribution in [1.29, 1.82) is 0 Å². The number of benzene rings is 1. The van der Waals surface area contributed by atoms with Gasteiger partial charge in [0.25, 0.3) is 0 Å². The first-order valence-corrected chi connectivity index (χ1v) is 7.39. The van der Waals surface area contributed by atoms with Crippen molar-refractivity contribution >= 4 is 0 Å². The Kier molecular flexibility index (Phi) is 30.9. The first kappa shape index (κ1) is 21.5. The maximum atomic E-state index is 2.21. The fourth-order valence-electron chi connectivity index (χ4n) is 1.07. The van der Waals surface area contributed by atoms with E-state index in [4.69, 9.17) is 0 Å². The molecule has 0 aliphatic carbocycles. The van der Waals surface area contributed by atoms with Gasteiger partial charge in [-0.1, -0.05) is 98.1 Å². The van der Waals surface area contributed by atoms with Crippen molar-refractivity contribution in [3.8, 4) is 0 Å². The molecule has 0 N–H and O–H groups in total. The van der Waals surface area contributed by atoms with Gasteiger partial charge in [0.1, 0.15) is 0 Å². The fourth-order valence-corrected chi connectivity index (χ4v) is 1.07. The Morgan fingerprint density at radius 1 is 0.706 bits per heavy atom. The van der Waals surface area contributed by atoms with Gasteiger partial charge < -0.3 is 0 Å². The Morgan fingerprint density at radius 2 is 1.12 bits per heavy atom. The highest BCUT2D eigenvalue weighted by molar-refractivity contribution is 5.13. The molecule has 0 aliphatic rings. The van der Waals surface area contributed by atoms with Crippen LogP contribution in [0.25, 0.3) is 0 Å². The van der Waals surface area contributed by atoms with E-state index in [-0.39, 0.29) is 0 Å². The standard InChI is InChI=1S/C8H10.C5H12.2C2H6/c1-2-8-6-4-3-5-7-8;1-3-5-4-2;2*1-2/h3-7H,2H2,1H3;3-5H2,1-2H3;2*1-2H3. The smallest absolute Gasteiger partial charge is 0.0307 e. The molecule has 1 aromatic carbocycles. The zero-order valence-electron chi connectivity index (χ0n) is 13.2. The fraction of sp³-hybridized carbons (Fsp3) is 0.647. The summed E-state index contributed by atoms with van der Waals surface area (Å²) < 4.78 is 0. The molecule has 0 heteroatoms. The van der Waals surface area contributed by atoms with Crippen LogP contribution in [0.5, 0.6) is 0 Å². The lowest BCUT2D eigenvalue weighted by Gasteiger charge is -1.89. The summed E-state index contributed by atoms with van der Waals surface area (Å²) in [7, 11) is 0. The van der Waals surface area contributed by atoms with Crippen LogP contribution < -0.4 is 0 Å². The molecule has 0 saturated heterocycles. The molecule has 102 valence electrons. The van der Waals surface area contributed by atoms with Crippen molar-refractivity contribution in [1.82, 2.24) is 0 Å². The lowest BCUT2D eigenvalue weighted by atomic mass is 10.2. The van der Waals surface area contributed by atoms with E-state index in [1.807, 2.05) is 33.8 Å². The maximum absolute atomic E-state index is 2.21. The number of rotatable bonds is 3. The summed E-state index contributed by atoms with van der Waals surface area (Å²) in [6.45, 7) is 14.6. The van der Waals surface area contributed by atoms with Gasteiger partial charge in [-0.3, -0.25) is 0 Å². The van der Waals surface area contributed by atoms with E-state index in [9.17, 15) is 0 Å². The Morgan fingerprint density at radius 3 is 1.29 bits per heavy atom. The van der Waals surface area contributed by atoms with Crippen molar-refractivity contribution in [2.75, 3.05) is 0 Å². The van der Waals surface area contributed by atoms with Crippen molar-refractivity contribution in [3.05, 3.63) is 35.9 Å². The van der Waals surface area contributed by atoms with Gasteiger partial charge in [0.15, 0.2) is 0 Å². The topological polar surface area (TPSA) is 0 Å². The Labute approximate surface area is 110 Å². The first-order chi connectivity index (χ1) is 8.35. The molecule has 0 amide bonds. The number of hydrogen-bond donors (Lipinski definition) is 0. The molecule has 0 fully saturated rings. The molecular weight excluding hydrogens is 204 g/mol. The lowest BCUT2D eigenvalue weighted by molar-refractivity contribution is 0.772. The van der Waals surface area contributed by atoms with E-state index >= 15 is 0 Å². The van der Waals surface area contributed by atoms with E-state index in [1.165, 1.54) is 24.8 Å². The van der Waals surface area contributed by atoms with Gasteiger partial charge in [-0.05, 0) is 12.0 Å². The molecule has 0 unspecified atom stereocenters. The monoisotopic (exact) mass is 238 g/mol. The van der Waals surface area contributed by atoms with Crippen molar-refractivity contribution < 1.29 is 0 Å². The zero-order valence-corrected chi connectivity index (χ0v) is 13.2. The van der Waals surface area contributed by atoms with Crippen molar-refractivity contribution in [2.45, 2.75) is 74.1 Å². The van der Waals surface area contributed by atoms with Gasteiger partial charge in [-0.15, -0.1) is 0 Å². The van der Waals surface area contributed by atoms with Gasteiger partial charge in [0.2, 0.25) is 0 Å². The lowest BCUT2D eigenvalue weighted by Crippen LogP contribution is -1.73. The van der Waals surface area contributed by atoms with Crippen molar-refractivity contribution in [3.63, 3.8) is 0 Å². The summed E-state index contributed by atoms with van der Waals surface area (Å²) in [5.41, 5.74) is 1.41. The average Bonchev–Trinajstić information content (AvgIpc) is 2.46. The Bertz CT molecular complexity index is 174. The van der Waals surface area contributed by atoms with E-state index in [2.05, 4.69) is 45.0 Å². The molecular formula is C17H34. The minimum Gasteiger partial charge on any atom is -0.0683 e. The second-order valence-electron chi connectivity index (χ2n) is 3.19. The Hall–Kier alpha value is -0.780. The SMILES string of the molecule is CC.CC.CCCCC.CCc1ccccc1. The highest BCUT2D eigenvalue weighted by atomic mass is 13.9. The van der Waals surface area contributed by atoms with Crippen LogP contribution in [0.1, 0.15) is 73.3 Å². The molecule has 0 aliphatic heterocycles. The molecule has 0 radical (unpaired) electrons. The second-order valence-corrected chi connectivity index (χ2v) is 3.19. The summed E-state index contributed by atoms with van der Waals surface area (Å²) in [5.74, 6) is 0. The van der Waals surface area contributed by atoms with Gasteiger partial charge in [0, 0.05) is 0 Å². The minimum absolute atomic E-state index is 1.14. The normalized spacial score (nSPS) is 7.47. The number of unbranched alkanes of at least 4 members (excludes halogenated alkanes) is 2. The molecule has 17 heavy (non-hydrogen) atoms. The third-order valence-electron chi connectivity index (χ3n) is 1.96. The molecule has 0 saturated carbocycles.